The summed E-state index contributed by atoms with van der Waals surface area (Å²) in [4.78, 5) is 12.7. The number of benzene rings is 2. The Kier molecular flexibility index (Phi) is 3.77. The Labute approximate surface area is 149 Å². The number of para-hydroxylation sites is 2. The number of nitrogen functional groups attached to an aromatic ring is 1. The predicted molar refractivity (Wildman–Crippen MR) is 98.3 cm³/mol. The van der Waals surface area contributed by atoms with E-state index in [9.17, 15) is 8.42 Å². The fourth-order valence-corrected chi connectivity index (χ4v) is 3.45. The van der Waals surface area contributed by atoms with Crippen molar-refractivity contribution in [3.05, 3.63) is 67.1 Å². The molecule has 26 heavy (non-hydrogen) atoms. The molecule has 2 heterocycles. The summed E-state index contributed by atoms with van der Waals surface area (Å²) in [6.07, 6.45) is 3.11. The first-order chi connectivity index (χ1) is 12.5. The third-order valence-corrected chi connectivity index (χ3v) is 5.10. The molecule has 0 radical (unpaired) electrons. The first-order valence-corrected chi connectivity index (χ1v) is 9.15. The summed E-state index contributed by atoms with van der Waals surface area (Å²) >= 11 is 0. The fraction of sp³-hybridized carbons (Fsp3) is 0. The van der Waals surface area contributed by atoms with Gasteiger partial charge in [0.15, 0.2) is 0 Å². The third kappa shape index (κ3) is 2.95. The van der Waals surface area contributed by atoms with Gasteiger partial charge in [-0.2, -0.15) is 4.98 Å². The maximum absolute atomic E-state index is 12.5. The molecule has 9 heteroatoms. The van der Waals surface area contributed by atoms with Gasteiger partial charge in [-0.1, -0.05) is 12.1 Å². The van der Waals surface area contributed by atoms with Crippen LogP contribution in [-0.2, 0) is 10.0 Å². The van der Waals surface area contributed by atoms with Crippen LogP contribution in [0.1, 0.15) is 0 Å². The van der Waals surface area contributed by atoms with Crippen LogP contribution in [0.5, 0.6) is 0 Å². The van der Waals surface area contributed by atoms with Gasteiger partial charge in [0.1, 0.15) is 12.1 Å². The number of sulfonamides is 1. The van der Waals surface area contributed by atoms with E-state index in [2.05, 4.69) is 19.7 Å². The molecule has 0 saturated carbocycles. The number of imidazole rings is 1. The summed E-state index contributed by atoms with van der Waals surface area (Å²) in [6, 6.07) is 15.1. The first-order valence-electron chi connectivity index (χ1n) is 7.67. The number of nitrogens with zero attached hydrogens (tertiary/aromatic N) is 4. The van der Waals surface area contributed by atoms with Gasteiger partial charge in [-0.15, -0.1) is 0 Å². The SMILES string of the molecule is Nc1ccc(S(=O)(=O)Nc2nccc(-n3cnc4ccccc43)n2)cc1. The van der Waals surface area contributed by atoms with Crippen LogP contribution >= 0.6 is 0 Å². The molecule has 0 atom stereocenters. The van der Waals surface area contributed by atoms with E-state index in [1.807, 2.05) is 24.3 Å². The highest BCUT2D eigenvalue weighted by atomic mass is 32.2. The predicted octanol–water partition coefficient (Wildman–Crippen LogP) is 2.20. The average Bonchev–Trinajstić information content (AvgIpc) is 3.06. The molecule has 0 aliphatic carbocycles. The van der Waals surface area contributed by atoms with Crippen molar-refractivity contribution in [2.75, 3.05) is 10.5 Å². The molecule has 0 fully saturated rings. The Morgan fingerprint density at radius 2 is 1.73 bits per heavy atom. The summed E-state index contributed by atoms with van der Waals surface area (Å²) in [5.41, 5.74) is 7.75. The summed E-state index contributed by atoms with van der Waals surface area (Å²) in [7, 11) is -3.81. The number of hydrogen-bond acceptors (Lipinski definition) is 6. The van der Waals surface area contributed by atoms with Gasteiger partial charge in [-0.25, -0.2) is 23.1 Å². The molecule has 0 amide bonds. The molecule has 0 bridgehead atoms. The molecule has 0 saturated heterocycles. The maximum atomic E-state index is 12.5. The molecule has 0 unspecified atom stereocenters. The van der Waals surface area contributed by atoms with Crippen LogP contribution in [-0.4, -0.2) is 27.9 Å². The van der Waals surface area contributed by atoms with Crippen molar-refractivity contribution >= 4 is 32.7 Å². The molecule has 0 aliphatic rings. The lowest BCUT2D eigenvalue weighted by molar-refractivity contribution is 0.601. The zero-order valence-corrected chi connectivity index (χ0v) is 14.3. The van der Waals surface area contributed by atoms with Crippen LogP contribution in [0.3, 0.4) is 0 Å². The normalized spacial score (nSPS) is 11.5. The van der Waals surface area contributed by atoms with Crippen LogP contribution in [0.4, 0.5) is 11.6 Å². The number of fused-ring (bicyclic) bond motifs is 1. The van der Waals surface area contributed by atoms with Crippen molar-refractivity contribution in [2.45, 2.75) is 4.90 Å². The first kappa shape index (κ1) is 16.0. The van der Waals surface area contributed by atoms with Crippen LogP contribution in [0.15, 0.2) is 72.0 Å². The van der Waals surface area contributed by atoms with Crippen LogP contribution in [0.2, 0.25) is 0 Å². The van der Waals surface area contributed by atoms with Crippen LogP contribution in [0, 0.1) is 0 Å². The smallest absolute Gasteiger partial charge is 0.264 e. The Bertz CT molecular complexity index is 1190. The van der Waals surface area contributed by atoms with E-state index in [0.29, 0.717) is 11.5 Å². The Balaban J connectivity index is 1.69. The quantitative estimate of drug-likeness (QED) is 0.535. The average molecular weight is 366 g/mol. The minimum Gasteiger partial charge on any atom is -0.399 e. The standard InChI is InChI=1S/C17H14N6O2S/c18-12-5-7-13(8-6-12)26(24,25)22-17-19-10-9-16(21-17)23-11-20-14-3-1-2-4-15(14)23/h1-11H,18H2,(H,19,21,22). The fourth-order valence-electron chi connectivity index (χ4n) is 2.50. The molecule has 8 nitrogen and oxygen atoms in total. The minimum atomic E-state index is -3.81. The van der Waals surface area contributed by atoms with Crippen LogP contribution < -0.4 is 10.5 Å². The van der Waals surface area contributed by atoms with E-state index < -0.39 is 10.0 Å². The Morgan fingerprint density at radius 1 is 0.962 bits per heavy atom. The Morgan fingerprint density at radius 3 is 2.54 bits per heavy atom. The molecule has 4 rings (SSSR count). The summed E-state index contributed by atoms with van der Waals surface area (Å²) in [5, 5.41) is 0. The molecule has 4 aromatic rings. The van der Waals surface area contributed by atoms with E-state index in [4.69, 9.17) is 5.73 Å². The Hall–Kier alpha value is -3.46. The van der Waals surface area contributed by atoms with Gasteiger partial charge < -0.3 is 5.73 Å². The highest BCUT2D eigenvalue weighted by Crippen LogP contribution is 2.18. The van der Waals surface area contributed by atoms with Crippen molar-refractivity contribution in [3.8, 4) is 5.82 Å². The second-order valence-corrected chi connectivity index (χ2v) is 7.20. The third-order valence-electron chi connectivity index (χ3n) is 3.76. The van der Waals surface area contributed by atoms with E-state index in [1.165, 1.54) is 30.5 Å². The maximum Gasteiger partial charge on any atom is 0.264 e. The number of anilines is 2. The van der Waals surface area contributed by atoms with Crippen molar-refractivity contribution in [1.29, 1.82) is 0 Å². The van der Waals surface area contributed by atoms with Crippen molar-refractivity contribution in [3.63, 3.8) is 0 Å². The van der Waals surface area contributed by atoms with Gasteiger partial charge in [0.25, 0.3) is 10.0 Å². The summed E-state index contributed by atoms with van der Waals surface area (Å²) in [6.45, 7) is 0. The van der Waals surface area contributed by atoms with E-state index >= 15 is 0 Å². The van der Waals surface area contributed by atoms with Gasteiger partial charge in [0.2, 0.25) is 5.95 Å². The van der Waals surface area contributed by atoms with Gasteiger partial charge in [-0.05, 0) is 42.5 Å². The van der Waals surface area contributed by atoms with Crippen LogP contribution in [0.25, 0.3) is 16.9 Å². The van der Waals surface area contributed by atoms with Gasteiger partial charge in [0, 0.05) is 11.9 Å². The van der Waals surface area contributed by atoms with Gasteiger partial charge in [0.05, 0.1) is 15.9 Å². The molecular weight excluding hydrogens is 352 g/mol. The molecule has 0 aliphatic heterocycles. The minimum absolute atomic E-state index is 0.0305. The summed E-state index contributed by atoms with van der Waals surface area (Å²) in [5.74, 6) is 0.473. The number of nitrogens with two attached hydrogens (primary N) is 1. The zero-order chi connectivity index (χ0) is 18.1. The highest BCUT2D eigenvalue weighted by molar-refractivity contribution is 7.92. The monoisotopic (exact) mass is 366 g/mol. The van der Waals surface area contributed by atoms with Gasteiger partial charge >= 0.3 is 0 Å². The van der Waals surface area contributed by atoms with E-state index in [0.717, 1.165) is 11.0 Å². The number of nitrogens with one attached hydrogen (secondary N) is 1. The molecule has 2 aromatic carbocycles. The van der Waals surface area contributed by atoms with Crippen molar-refractivity contribution in [1.82, 2.24) is 19.5 Å². The zero-order valence-electron chi connectivity index (χ0n) is 13.4. The van der Waals surface area contributed by atoms with Crippen molar-refractivity contribution in [2.24, 2.45) is 0 Å². The van der Waals surface area contributed by atoms with Gasteiger partial charge in [-0.3, -0.25) is 4.57 Å². The number of aromatic nitrogens is 4. The largest absolute Gasteiger partial charge is 0.399 e. The second kappa shape index (κ2) is 6.12. The molecule has 130 valence electrons. The lowest BCUT2D eigenvalue weighted by Crippen LogP contribution is -2.15. The lowest BCUT2D eigenvalue weighted by Gasteiger charge is -2.09. The van der Waals surface area contributed by atoms with E-state index in [1.54, 1.807) is 17.0 Å². The molecule has 2 aromatic heterocycles. The number of rotatable bonds is 4. The highest BCUT2D eigenvalue weighted by Gasteiger charge is 2.16. The molecular formula is C17H14N6O2S. The lowest BCUT2D eigenvalue weighted by atomic mass is 10.3. The molecule has 3 N–H and O–H groups in total. The van der Waals surface area contributed by atoms with E-state index in [-0.39, 0.29) is 10.8 Å². The number of hydrogen-bond donors (Lipinski definition) is 2. The second-order valence-electron chi connectivity index (χ2n) is 5.52. The summed E-state index contributed by atoms with van der Waals surface area (Å²) < 4.78 is 29.1. The van der Waals surface area contributed by atoms with Crippen molar-refractivity contribution < 1.29 is 8.42 Å². The topological polar surface area (TPSA) is 116 Å². The molecule has 0 spiro atoms.